The van der Waals surface area contributed by atoms with Crippen molar-refractivity contribution in [3.05, 3.63) is 64.7 Å². The standard InChI is InChI=1S/C20H17ClN4O4/c21-13-6-7-15-14(10-13)19(12-4-2-1-3-5-12)22-11-17(23-15)25-24-16(20(28)29)8-9-18(26)27/h1-7,10H,8-9,11H2,(H,23,25)(H,26,27)(H,28,29). The number of aliphatic carboxylic acids is 2. The van der Waals surface area contributed by atoms with Crippen LogP contribution >= 0.6 is 11.6 Å². The summed E-state index contributed by atoms with van der Waals surface area (Å²) in [5, 5.41) is 22.3. The van der Waals surface area contributed by atoms with E-state index >= 15 is 0 Å². The number of rotatable bonds is 6. The van der Waals surface area contributed by atoms with Crippen molar-refractivity contribution in [3.63, 3.8) is 0 Å². The molecular weight excluding hydrogens is 396 g/mol. The normalized spacial score (nSPS) is 13.6. The molecule has 0 fully saturated rings. The molecule has 0 amide bonds. The molecule has 8 nitrogen and oxygen atoms in total. The number of amidine groups is 1. The van der Waals surface area contributed by atoms with E-state index in [2.05, 4.69) is 20.5 Å². The van der Waals surface area contributed by atoms with Gasteiger partial charge < -0.3 is 10.2 Å². The lowest BCUT2D eigenvalue weighted by Gasteiger charge is -2.08. The van der Waals surface area contributed by atoms with Gasteiger partial charge in [-0.05, 0) is 18.2 Å². The Morgan fingerprint density at radius 1 is 1.10 bits per heavy atom. The molecule has 3 rings (SSSR count). The largest absolute Gasteiger partial charge is 0.481 e. The van der Waals surface area contributed by atoms with Gasteiger partial charge in [-0.1, -0.05) is 41.9 Å². The minimum absolute atomic E-state index is 0.131. The minimum Gasteiger partial charge on any atom is -0.481 e. The molecule has 0 aromatic heterocycles. The summed E-state index contributed by atoms with van der Waals surface area (Å²) in [6.45, 7) is 0.131. The van der Waals surface area contributed by atoms with Crippen LogP contribution in [0.2, 0.25) is 5.02 Å². The molecule has 0 radical (unpaired) electrons. The van der Waals surface area contributed by atoms with Crippen LogP contribution < -0.4 is 5.43 Å². The van der Waals surface area contributed by atoms with Crippen molar-refractivity contribution >= 4 is 46.5 Å². The molecule has 0 bridgehead atoms. The monoisotopic (exact) mass is 412 g/mol. The van der Waals surface area contributed by atoms with E-state index in [-0.39, 0.29) is 25.1 Å². The smallest absolute Gasteiger partial charge is 0.352 e. The van der Waals surface area contributed by atoms with Crippen LogP contribution in [0.4, 0.5) is 5.69 Å². The Hall–Kier alpha value is -3.52. The predicted molar refractivity (Wildman–Crippen MR) is 111 cm³/mol. The molecule has 1 aliphatic rings. The number of nitrogens with zero attached hydrogens (tertiary/aromatic N) is 3. The van der Waals surface area contributed by atoms with Gasteiger partial charge >= 0.3 is 11.9 Å². The van der Waals surface area contributed by atoms with Crippen molar-refractivity contribution in [2.24, 2.45) is 15.1 Å². The summed E-state index contributed by atoms with van der Waals surface area (Å²) < 4.78 is 0. The van der Waals surface area contributed by atoms with Crippen LogP contribution in [-0.2, 0) is 9.59 Å². The number of hydrazone groups is 1. The summed E-state index contributed by atoms with van der Waals surface area (Å²) in [6.07, 6.45) is -0.549. The van der Waals surface area contributed by atoms with E-state index in [4.69, 9.17) is 16.7 Å². The second kappa shape index (κ2) is 9.11. The van der Waals surface area contributed by atoms with Gasteiger partial charge in [0.05, 0.1) is 24.4 Å². The molecule has 0 saturated carbocycles. The fourth-order valence-electron chi connectivity index (χ4n) is 2.69. The van der Waals surface area contributed by atoms with Crippen molar-refractivity contribution in [1.29, 1.82) is 0 Å². The second-order valence-corrected chi connectivity index (χ2v) is 6.56. The maximum Gasteiger partial charge on any atom is 0.352 e. The lowest BCUT2D eigenvalue weighted by atomic mass is 10.0. The summed E-state index contributed by atoms with van der Waals surface area (Å²) in [6, 6.07) is 14.8. The zero-order valence-corrected chi connectivity index (χ0v) is 15.9. The van der Waals surface area contributed by atoms with Crippen LogP contribution in [0, 0.1) is 0 Å². The van der Waals surface area contributed by atoms with E-state index < -0.39 is 11.9 Å². The number of hydrogen-bond donors (Lipinski definition) is 3. The molecule has 1 heterocycles. The van der Waals surface area contributed by atoms with Crippen LogP contribution in [0.25, 0.3) is 0 Å². The van der Waals surface area contributed by atoms with Crippen molar-refractivity contribution in [1.82, 2.24) is 5.43 Å². The first-order chi connectivity index (χ1) is 13.9. The molecule has 0 saturated heterocycles. The summed E-state index contributed by atoms with van der Waals surface area (Å²) in [4.78, 5) is 31.1. The zero-order chi connectivity index (χ0) is 20.8. The molecule has 2 aromatic carbocycles. The molecule has 0 unspecified atom stereocenters. The Bertz CT molecular complexity index is 1030. The van der Waals surface area contributed by atoms with Crippen molar-refractivity contribution in [2.45, 2.75) is 12.8 Å². The quantitative estimate of drug-likeness (QED) is 0.496. The number of aliphatic imine (C=N–C) groups is 2. The molecule has 148 valence electrons. The highest BCUT2D eigenvalue weighted by molar-refractivity contribution is 6.36. The Morgan fingerprint density at radius 2 is 1.86 bits per heavy atom. The third kappa shape index (κ3) is 5.26. The number of halogens is 1. The summed E-state index contributed by atoms with van der Waals surface area (Å²) in [7, 11) is 0. The van der Waals surface area contributed by atoms with Crippen LogP contribution in [-0.4, -0.2) is 46.0 Å². The molecular formula is C20H17ClN4O4. The van der Waals surface area contributed by atoms with Crippen LogP contribution in [0.5, 0.6) is 0 Å². The number of carboxylic acid groups (broad SMARTS) is 2. The SMILES string of the molecule is O=C(O)CCC(=NNC1=Nc2ccc(Cl)cc2C(c2ccccc2)=NC1)C(=O)O. The van der Waals surface area contributed by atoms with Gasteiger partial charge in [0.2, 0.25) is 0 Å². The summed E-state index contributed by atoms with van der Waals surface area (Å²) in [5.41, 5.74) is 5.26. The Kier molecular flexibility index (Phi) is 6.36. The third-order valence-electron chi connectivity index (χ3n) is 4.05. The summed E-state index contributed by atoms with van der Waals surface area (Å²) >= 11 is 6.16. The van der Waals surface area contributed by atoms with Gasteiger partial charge in [-0.3, -0.25) is 15.2 Å². The number of benzene rings is 2. The maximum absolute atomic E-state index is 11.3. The van der Waals surface area contributed by atoms with E-state index in [0.717, 1.165) is 11.1 Å². The van der Waals surface area contributed by atoms with Gasteiger partial charge in [-0.2, -0.15) is 5.10 Å². The summed E-state index contributed by atoms with van der Waals surface area (Å²) in [5.74, 6) is -2.07. The van der Waals surface area contributed by atoms with Gasteiger partial charge in [0.1, 0.15) is 11.5 Å². The van der Waals surface area contributed by atoms with E-state index in [1.807, 2.05) is 30.3 Å². The van der Waals surface area contributed by atoms with Gasteiger partial charge in [0.15, 0.2) is 0 Å². The third-order valence-corrected chi connectivity index (χ3v) is 4.28. The van der Waals surface area contributed by atoms with Crippen molar-refractivity contribution in [2.75, 3.05) is 6.54 Å². The van der Waals surface area contributed by atoms with E-state index in [9.17, 15) is 14.7 Å². The molecule has 1 aliphatic heterocycles. The molecule has 29 heavy (non-hydrogen) atoms. The molecule has 0 aliphatic carbocycles. The maximum atomic E-state index is 11.3. The Morgan fingerprint density at radius 3 is 2.55 bits per heavy atom. The zero-order valence-electron chi connectivity index (χ0n) is 15.2. The predicted octanol–water partition coefficient (Wildman–Crippen LogP) is 3.12. The number of hydrogen-bond acceptors (Lipinski definition) is 6. The topological polar surface area (TPSA) is 124 Å². The van der Waals surface area contributed by atoms with E-state index in [1.54, 1.807) is 18.2 Å². The minimum atomic E-state index is -1.30. The van der Waals surface area contributed by atoms with Gasteiger partial charge in [-0.25, -0.2) is 9.79 Å². The number of carbonyl (C=O) groups is 2. The highest BCUT2D eigenvalue weighted by Gasteiger charge is 2.17. The Balaban J connectivity index is 1.93. The molecule has 0 atom stereocenters. The first kappa shape index (κ1) is 20.2. The first-order valence-electron chi connectivity index (χ1n) is 8.69. The fraction of sp³-hybridized carbons (Fsp3) is 0.150. The Labute approximate surface area is 171 Å². The highest BCUT2D eigenvalue weighted by Crippen LogP contribution is 2.28. The molecule has 9 heteroatoms. The lowest BCUT2D eigenvalue weighted by molar-refractivity contribution is -0.136. The fourth-order valence-corrected chi connectivity index (χ4v) is 2.86. The van der Waals surface area contributed by atoms with Crippen LogP contribution in [0.3, 0.4) is 0 Å². The first-order valence-corrected chi connectivity index (χ1v) is 9.07. The number of nitrogens with one attached hydrogen (secondary N) is 1. The van der Waals surface area contributed by atoms with Crippen molar-refractivity contribution in [3.8, 4) is 0 Å². The molecule has 3 N–H and O–H groups in total. The van der Waals surface area contributed by atoms with E-state index in [0.29, 0.717) is 22.3 Å². The highest BCUT2D eigenvalue weighted by atomic mass is 35.5. The number of carboxylic acids is 2. The molecule has 2 aromatic rings. The van der Waals surface area contributed by atoms with Crippen molar-refractivity contribution < 1.29 is 19.8 Å². The lowest BCUT2D eigenvalue weighted by Crippen LogP contribution is -2.25. The molecule has 0 spiro atoms. The second-order valence-electron chi connectivity index (χ2n) is 6.12. The number of fused-ring (bicyclic) bond motifs is 1. The van der Waals surface area contributed by atoms with Crippen LogP contribution in [0.15, 0.2) is 63.6 Å². The van der Waals surface area contributed by atoms with Gasteiger partial charge in [0.25, 0.3) is 0 Å². The average Bonchev–Trinajstić information content (AvgIpc) is 2.87. The van der Waals surface area contributed by atoms with Gasteiger partial charge in [0, 0.05) is 22.6 Å². The average molecular weight is 413 g/mol. The van der Waals surface area contributed by atoms with Crippen LogP contribution in [0.1, 0.15) is 24.0 Å². The van der Waals surface area contributed by atoms with Gasteiger partial charge in [-0.15, -0.1) is 0 Å². The van der Waals surface area contributed by atoms with E-state index in [1.165, 1.54) is 0 Å².